The van der Waals surface area contributed by atoms with E-state index < -0.39 is 0 Å². The first-order valence-electron chi connectivity index (χ1n) is 9.38. The van der Waals surface area contributed by atoms with E-state index in [9.17, 15) is 4.79 Å². The van der Waals surface area contributed by atoms with Gasteiger partial charge in [0.1, 0.15) is 0 Å². The van der Waals surface area contributed by atoms with Crippen molar-refractivity contribution in [1.82, 2.24) is 0 Å². The first kappa shape index (κ1) is 20.6. The predicted molar refractivity (Wildman–Crippen MR) is 119 cm³/mol. The molecule has 0 aliphatic carbocycles. The minimum atomic E-state index is -0.247. The SMILES string of the molecule is Cc1ccc(C(=O)OCCCC(Sc2ccccc2)Sc2ccccc2)cc1. The van der Waals surface area contributed by atoms with Crippen LogP contribution in [-0.2, 0) is 4.74 Å². The van der Waals surface area contributed by atoms with E-state index in [1.54, 1.807) is 0 Å². The van der Waals surface area contributed by atoms with Gasteiger partial charge in [0.15, 0.2) is 0 Å². The molecule has 144 valence electrons. The normalized spacial score (nSPS) is 10.8. The van der Waals surface area contributed by atoms with E-state index in [1.807, 2.05) is 66.8 Å². The van der Waals surface area contributed by atoms with Crippen LogP contribution in [-0.4, -0.2) is 17.2 Å². The Bertz CT molecular complexity index is 807. The van der Waals surface area contributed by atoms with Crippen molar-refractivity contribution < 1.29 is 9.53 Å². The lowest BCUT2D eigenvalue weighted by Gasteiger charge is -2.16. The van der Waals surface area contributed by atoms with Gasteiger partial charge in [0, 0.05) is 9.79 Å². The van der Waals surface area contributed by atoms with E-state index in [1.165, 1.54) is 9.79 Å². The van der Waals surface area contributed by atoms with Crippen LogP contribution < -0.4 is 0 Å². The summed E-state index contributed by atoms with van der Waals surface area (Å²) in [7, 11) is 0. The monoisotopic (exact) mass is 408 g/mol. The highest BCUT2D eigenvalue weighted by atomic mass is 32.2. The summed E-state index contributed by atoms with van der Waals surface area (Å²) in [4.78, 5) is 14.7. The Morgan fingerprint density at radius 1 is 0.821 bits per heavy atom. The third kappa shape index (κ3) is 6.77. The summed E-state index contributed by atoms with van der Waals surface area (Å²) in [5.41, 5.74) is 1.75. The van der Waals surface area contributed by atoms with Crippen LogP contribution in [0, 0.1) is 6.92 Å². The van der Waals surface area contributed by atoms with Crippen LogP contribution in [0.15, 0.2) is 94.7 Å². The van der Waals surface area contributed by atoms with Crippen LogP contribution in [0.2, 0.25) is 0 Å². The Hall–Kier alpha value is -2.17. The molecule has 3 rings (SSSR count). The molecule has 0 amide bonds. The van der Waals surface area contributed by atoms with Crippen molar-refractivity contribution in [3.05, 3.63) is 96.1 Å². The third-order valence-corrected chi connectivity index (χ3v) is 6.79. The van der Waals surface area contributed by atoms with E-state index in [-0.39, 0.29) is 5.97 Å². The molecule has 3 aromatic rings. The van der Waals surface area contributed by atoms with Crippen molar-refractivity contribution in [2.24, 2.45) is 0 Å². The molecule has 0 spiro atoms. The van der Waals surface area contributed by atoms with Crippen LogP contribution in [0.5, 0.6) is 0 Å². The molecule has 0 bridgehead atoms. The maximum Gasteiger partial charge on any atom is 0.338 e. The molecule has 0 unspecified atom stereocenters. The minimum absolute atomic E-state index is 0.247. The standard InChI is InChI=1S/C24H24O2S2/c1-19-14-16-20(17-15-19)24(25)26-18-8-13-23(27-21-9-4-2-5-10-21)28-22-11-6-3-7-12-22/h2-7,9-12,14-17,23H,8,13,18H2,1H3. The lowest BCUT2D eigenvalue weighted by atomic mass is 10.1. The lowest BCUT2D eigenvalue weighted by molar-refractivity contribution is 0.0499. The van der Waals surface area contributed by atoms with Crippen molar-refractivity contribution in [2.45, 2.75) is 34.1 Å². The van der Waals surface area contributed by atoms with Crippen molar-refractivity contribution in [2.75, 3.05) is 6.61 Å². The molecule has 3 aromatic carbocycles. The van der Waals surface area contributed by atoms with Gasteiger partial charge in [0.25, 0.3) is 0 Å². The van der Waals surface area contributed by atoms with Crippen molar-refractivity contribution >= 4 is 29.5 Å². The highest BCUT2D eigenvalue weighted by molar-refractivity contribution is 8.17. The summed E-state index contributed by atoms with van der Waals surface area (Å²) < 4.78 is 5.83. The molecule has 4 heteroatoms. The lowest BCUT2D eigenvalue weighted by Crippen LogP contribution is -2.08. The van der Waals surface area contributed by atoms with E-state index >= 15 is 0 Å². The molecule has 2 nitrogen and oxygen atoms in total. The molecule has 0 aliphatic heterocycles. The highest BCUT2D eigenvalue weighted by Gasteiger charge is 2.13. The number of esters is 1. The molecule has 0 N–H and O–H groups in total. The second-order valence-electron chi connectivity index (χ2n) is 6.44. The number of carbonyl (C=O) groups excluding carboxylic acids is 1. The number of thioether (sulfide) groups is 2. The number of carbonyl (C=O) groups is 1. The van der Waals surface area contributed by atoms with Gasteiger partial charge in [-0.05, 0) is 56.2 Å². The van der Waals surface area contributed by atoms with Gasteiger partial charge >= 0.3 is 5.97 Å². The fourth-order valence-corrected chi connectivity index (χ4v) is 5.30. The molecular formula is C24H24O2S2. The fraction of sp³-hybridized carbons (Fsp3) is 0.208. The Balaban J connectivity index is 1.52. The summed E-state index contributed by atoms with van der Waals surface area (Å²) in [5.74, 6) is -0.247. The van der Waals surface area contributed by atoms with Gasteiger partial charge in [-0.3, -0.25) is 0 Å². The molecule has 28 heavy (non-hydrogen) atoms. The fourth-order valence-electron chi connectivity index (χ4n) is 2.63. The van der Waals surface area contributed by atoms with Crippen LogP contribution in [0.1, 0.15) is 28.8 Å². The van der Waals surface area contributed by atoms with Crippen molar-refractivity contribution in [3.63, 3.8) is 0 Å². The number of hydrogen-bond donors (Lipinski definition) is 0. The summed E-state index contributed by atoms with van der Waals surface area (Å²) in [6.45, 7) is 2.44. The Morgan fingerprint density at radius 3 is 1.89 bits per heavy atom. The summed E-state index contributed by atoms with van der Waals surface area (Å²) in [6, 6.07) is 28.4. The number of aryl methyl sites for hydroxylation is 1. The van der Waals surface area contributed by atoms with Gasteiger partial charge in [-0.25, -0.2) is 4.79 Å². The van der Waals surface area contributed by atoms with Gasteiger partial charge in [-0.15, -0.1) is 23.5 Å². The maximum atomic E-state index is 12.2. The van der Waals surface area contributed by atoms with E-state index in [0.717, 1.165) is 18.4 Å². The third-order valence-electron chi connectivity index (χ3n) is 4.13. The smallest absolute Gasteiger partial charge is 0.338 e. The zero-order valence-electron chi connectivity index (χ0n) is 15.9. The Kier molecular flexibility index (Phi) is 8.07. The van der Waals surface area contributed by atoms with Gasteiger partial charge in [0.05, 0.1) is 16.8 Å². The number of ether oxygens (including phenoxy) is 1. The Morgan fingerprint density at radius 2 is 1.36 bits per heavy atom. The maximum absolute atomic E-state index is 12.2. The molecule has 0 heterocycles. The predicted octanol–water partition coefficient (Wildman–Crippen LogP) is 6.84. The average molecular weight is 409 g/mol. The van der Waals surface area contributed by atoms with E-state index in [0.29, 0.717) is 16.8 Å². The Labute approximate surface area is 175 Å². The van der Waals surface area contributed by atoms with E-state index in [4.69, 9.17) is 4.74 Å². The number of rotatable bonds is 9. The first-order chi connectivity index (χ1) is 13.7. The van der Waals surface area contributed by atoms with Crippen LogP contribution >= 0.6 is 23.5 Å². The summed E-state index contributed by atoms with van der Waals surface area (Å²) in [6.07, 6.45) is 1.79. The summed E-state index contributed by atoms with van der Waals surface area (Å²) in [5, 5.41) is 0. The summed E-state index contributed by atoms with van der Waals surface area (Å²) >= 11 is 3.73. The molecule has 0 saturated carbocycles. The molecule has 0 aliphatic rings. The molecule has 0 aromatic heterocycles. The average Bonchev–Trinajstić information content (AvgIpc) is 2.73. The van der Waals surface area contributed by atoms with Gasteiger partial charge in [-0.2, -0.15) is 0 Å². The van der Waals surface area contributed by atoms with Gasteiger partial charge < -0.3 is 4.74 Å². The second-order valence-corrected chi connectivity index (χ2v) is 9.29. The number of hydrogen-bond acceptors (Lipinski definition) is 4. The number of benzene rings is 3. The molecule has 0 atom stereocenters. The topological polar surface area (TPSA) is 26.3 Å². The minimum Gasteiger partial charge on any atom is -0.462 e. The first-order valence-corrected chi connectivity index (χ1v) is 11.1. The van der Waals surface area contributed by atoms with Gasteiger partial charge in [-0.1, -0.05) is 54.1 Å². The largest absolute Gasteiger partial charge is 0.462 e. The second kappa shape index (κ2) is 11.0. The molecule has 0 radical (unpaired) electrons. The zero-order valence-corrected chi connectivity index (χ0v) is 17.5. The van der Waals surface area contributed by atoms with Gasteiger partial charge in [0.2, 0.25) is 0 Å². The highest BCUT2D eigenvalue weighted by Crippen LogP contribution is 2.38. The molecule has 0 fully saturated rings. The van der Waals surface area contributed by atoms with E-state index in [2.05, 4.69) is 48.5 Å². The van der Waals surface area contributed by atoms with Crippen LogP contribution in [0.3, 0.4) is 0 Å². The zero-order chi connectivity index (χ0) is 19.6. The van der Waals surface area contributed by atoms with Crippen LogP contribution in [0.25, 0.3) is 0 Å². The van der Waals surface area contributed by atoms with Crippen LogP contribution in [0.4, 0.5) is 0 Å². The van der Waals surface area contributed by atoms with Crippen molar-refractivity contribution in [3.8, 4) is 0 Å². The van der Waals surface area contributed by atoms with Crippen molar-refractivity contribution in [1.29, 1.82) is 0 Å². The quantitative estimate of drug-likeness (QED) is 0.167. The molecule has 0 saturated heterocycles. The molecular weight excluding hydrogens is 384 g/mol.